The molecule has 1 unspecified atom stereocenters. The Hall–Kier alpha value is -1.56. The van der Waals surface area contributed by atoms with E-state index < -0.39 is 0 Å². The van der Waals surface area contributed by atoms with Crippen molar-refractivity contribution < 1.29 is 0 Å². The Labute approximate surface area is 111 Å². The average Bonchev–Trinajstić information content (AvgIpc) is 2.45. The zero-order chi connectivity index (χ0) is 12.6. The van der Waals surface area contributed by atoms with Crippen molar-refractivity contribution in [2.75, 3.05) is 0 Å². The van der Waals surface area contributed by atoms with Crippen LogP contribution in [0.1, 0.15) is 36.8 Å². The smallest absolute Gasteiger partial charge is 0.0128 e. The molecule has 0 aliphatic rings. The van der Waals surface area contributed by atoms with Gasteiger partial charge in [-0.15, -0.1) is 0 Å². The van der Waals surface area contributed by atoms with Gasteiger partial charge in [0, 0.05) is 0 Å². The summed E-state index contributed by atoms with van der Waals surface area (Å²) in [7, 11) is 0. The van der Waals surface area contributed by atoms with Gasteiger partial charge in [0.15, 0.2) is 0 Å². The van der Waals surface area contributed by atoms with Gasteiger partial charge in [0.05, 0.1) is 0 Å². The van der Waals surface area contributed by atoms with Crippen LogP contribution in [0.5, 0.6) is 0 Å². The van der Waals surface area contributed by atoms with Crippen molar-refractivity contribution in [2.45, 2.75) is 32.1 Å². The molecule has 2 aromatic rings. The lowest BCUT2D eigenvalue weighted by molar-refractivity contribution is 0.666. The van der Waals surface area contributed by atoms with Crippen LogP contribution in [-0.2, 0) is 6.42 Å². The monoisotopic (exact) mass is 237 g/mol. The Morgan fingerprint density at radius 3 is 2.11 bits per heavy atom. The van der Waals surface area contributed by atoms with E-state index >= 15 is 0 Å². The van der Waals surface area contributed by atoms with Gasteiger partial charge in [0.1, 0.15) is 0 Å². The van der Waals surface area contributed by atoms with Crippen LogP contribution in [-0.4, -0.2) is 0 Å². The fraction of sp³-hybridized carbons (Fsp3) is 0.278. The summed E-state index contributed by atoms with van der Waals surface area (Å²) < 4.78 is 0. The Morgan fingerprint density at radius 2 is 1.50 bits per heavy atom. The Balaban J connectivity index is 1.99. The van der Waals surface area contributed by atoms with Crippen LogP contribution in [0.25, 0.3) is 0 Å². The van der Waals surface area contributed by atoms with Gasteiger partial charge >= 0.3 is 0 Å². The first kappa shape index (κ1) is 12.9. The van der Waals surface area contributed by atoms with E-state index in [0.717, 1.165) is 6.42 Å². The van der Waals surface area contributed by atoms with Crippen LogP contribution in [0.15, 0.2) is 60.7 Å². The fourth-order valence-corrected chi connectivity index (χ4v) is 2.32. The molecule has 0 saturated heterocycles. The maximum Gasteiger partial charge on any atom is -0.0128 e. The lowest BCUT2D eigenvalue weighted by Crippen LogP contribution is -2.01. The van der Waals surface area contributed by atoms with Crippen LogP contribution in [0.4, 0.5) is 0 Å². The van der Waals surface area contributed by atoms with Crippen LogP contribution in [0.2, 0.25) is 0 Å². The van der Waals surface area contributed by atoms with Crippen LogP contribution >= 0.6 is 0 Å². The van der Waals surface area contributed by atoms with Gasteiger partial charge in [-0.05, 0) is 36.3 Å². The second kappa shape index (κ2) is 7.00. The molecule has 1 radical (unpaired) electrons. The van der Waals surface area contributed by atoms with Gasteiger partial charge in [0.2, 0.25) is 0 Å². The van der Waals surface area contributed by atoms with E-state index in [-0.39, 0.29) is 0 Å². The number of hydrogen-bond donors (Lipinski definition) is 0. The van der Waals surface area contributed by atoms with Crippen molar-refractivity contribution in [2.24, 2.45) is 0 Å². The molecule has 0 fully saturated rings. The van der Waals surface area contributed by atoms with Crippen molar-refractivity contribution >= 4 is 0 Å². The molecular formula is C18H21. The van der Waals surface area contributed by atoms with Gasteiger partial charge in [-0.25, -0.2) is 0 Å². The van der Waals surface area contributed by atoms with E-state index in [1.807, 2.05) is 0 Å². The molecule has 0 saturated carbocycles. The van der Waals surface area contributed by atoms with E-state index in [4.69, 9.17) is 0 Å². The van der Waals surface area contributed by atoms with Crippen LogP contribution in [0, 0.1) is 6.42 Å². The van der Waals surface area contributed by atoms with Crippen molar-refractivity contribution in [3.05, 3.63) is 78.2 Å². The number of benzene rings is 2. The van der Waals surface area contributed by atoms with Gasteiger partial charge in [-0.2, -0.15) is 0 Å². The molecule has 0 heteroatoms. The molecule has 0 spiro atoms. The van der Waals surface area contributed by atoms with Gasteiger partial charge < -0.3 is 0 Å². The summed E-state index contributed by atoms with van der Waals surface area (Å²) >= 11 is 0. The summed E-state index contributed by atoms with van der Waals surface area (Å²) in [5, 5.41) is 0. The van der Waals surface area contributed by atoms with Crippen molar-refractivity contribution in [1.29, 1.82) is 0 Å². The predicted molar refractivity (Wildman–Crippen MR) is 78.5 cm³/mol. The number of rotatable bonds is 6. The normalized spacial score (nSPS) is 12.3. The minimum atomic E-state index is 0.580. The van der Waals surface area contributed by atoms with E-state index in [1.54, 1.807) is 0 Å². The second-order valence-electron chi connectivity index (χ2n) is 4.73. The first-order valence-corrected chi connectivity index (χ1v) is 6.82. The van der Waals surface area contributed by atoms with Gasteiger partial charge in [-0.1, -0.05) is 74.0 Å². The summed E-state index contributed by atoms with van der Waals surface area (Å²) in [4.78, 5) is 0. The maximum atomic E-state index is 2.45. The molecule has 0 aromatic heterocycles. The summed E-state index contributed by atoms with van der Waals surface area (Å²) in [6.45, 7) is 2.26. The molecule has 0 aliphatic carbocycles. The van der Waals surface area contributed by atoms with Gasteiger partial charge in [-0.3, -0.25) is 0 Å². The molecule has 18 heavy (non-hydrogen) atoms. The summed E-state index contributed by atoms with van der Waals surface area (Å²) in [5.74, 6) is 0.580. The van der Waals surface area contributed by atoms with Crippen LogP contribution in [0.3, 0.4) is 0 Å². The zero-order valence-electron chi connectivity index (χ0n) is 11.0. The summed E-state index contributed by atoms with van der Waals surface area (Å²) in [6.07, 6.45) is 5.97. The molecule has 0 heterocycles. The second-order valence-corrected chi connectivity index (χ2v) is 4.73. The Morgan fingerprint density at radius 1 is 0.889 bits per heavy atom. The predicted octanol–water partition coefficient (Wildman–Crippen LogP) is 5.02. The third kappa shape index (κ3) is 3.73. The summed E-state index contributed by atoms with van der Waals surface area (Å²) in [6, 6.07) is 21.5. The minimum absolute atomic E-state index is 0.580. The molecular weight excluding hydrogens is 216 g/mol. The Bertz CT molecular complexity index is 430. The first-order valence-electron chi connectivity index (χ1n) is 6.82. The quantitative estimate of drug-likeness (QED) is 0.662. The van der Waals surface area contributed by atoms with Crippen molar-refractivity contribution in [1.82, 2.24) is 0 Å². The third-order valence-corrected chi connectivity index (χ3v) is 3.31. The fourth-order valence-electron chi connectivity index (χ4n) is 2.32. The first-order chi connectivity index (χ1) is 8.90. The largest absolute Gasteiger partial charge is 0.0654 e. The lowest BCUT2D eigenvalue weighted by atomic mass is 9.89. The zero-order valence-corrected chi connectivity index (χ0v) is 11.0. The highest BCUT2D eigenvalue weighted by Crippen LogP contribution is 2.25. The topological polar surface area (TPSA) is 0 Å². The average molecular weight is 237 g/mol. The molecule has 1 atom stereocenters. The van der Waals surface area contributed by atoms with E-state index in [0.29, 0.717) is 5.92 Å². The van der Waals surface area contributed by atoms with Gasteiger partial charge in [0.25, 0.3) is 0 Å². The van der Waals surface area contributed by atoms with E-state index in [2.05, 4.69) is 74.0 Å². The molecule has 0 nitrogen and oxygen atoms in total. The maximum absolute atomic E-state index is 2.45. The molecule has 2 rings (SSSR count). The Kier molecular flexibility index (Phi) is 5.01. The minimum Gasteiger partial charge on any atom is -0.0654 e. The SMILES string of the molecule is CCCC([CH]Cc1ccccc1)c1ccccc1. The molecule has 0 aliphatic heterocycles. The molecule has 93 valence electrons. The molecule has 2 aromatic carbocycles. The molecule has 0 N–H and O–H groups in total. The molecule has 0 bridgehead atoms. The number of hydrogen-bond acceptors (Lipinski definition) is 0. The highest BCUT2D eigenvalue weighted by molar-refractivity contribution is 5.24. The highest BCUT2D eigenvalue weighted by atomic mass is 14.1. The van der Waals surface area contributed by atoms with Crippen LogP contribution < -0.4 is 0 Å². The lowest BCUT2D eigenvalue weighted by Gasteiger charge is -2.16. The van der Waals surface area contributed by atoms with Crippen molar-refractivity contribution in [3.63, 3.8) is 0 Å². The highest BCUT2D eigenvalue weighted by Gasteiger charge is 2.10. The third-order valence-electron chi connectivity index (χ3n) is 3.31. The van der Waals surface area contributed by atoms with E-state index in [1.165, 1.54) is 24.0 Å². The summed E-state index contributed by atoms with van der Waals surface area (Å²) in [5.41, 5.74) is 2.84. The standard InChI is InChI=1S/C18H21/c1-2-9-17(18-12-7-4-8-13-18)15-14-16-10-5-3-6-11-16/h3-8,10-13,15,17H,2,9,14H2,1H3. The van der Waals surface area contributed by atoms with E-state index in [9.17, 15) is 0 Å². The molecule has 0 amide bonds. The van der Waals surface area contributed by atoms with Crippen molar-refractivity contribution in [3.8, 4) is 0 Å².